The van der Waals surface area contributed by atoms with Crippen LogP contribution >= 0.6 is 11.3 Å². The quantitative estimate of drug-likeness (QED) is 0.645. The topological polar surface area (TPSA) is 46.0 Å². The number of rotatable bonds is 0. The second-order valence-corrected chi connectivity index (χ2v) is 3.84. The summed E-state index contributed by atoms with van der Waals surface area (Å²) in [4.78, 5) is 7.97. The zero-order valence-corrected chi connectivity index (χ0v) is 9.26. The van der Waals surface area contributed by atoms with E-state index < -0.39 is 0 Å². The van der Waals surface area contributed by atoms with Crippen molar-refractivity contribution in [2.45, 2.75) is 0 Å². The Hall–Kier alpha value is -1.94. The molecule has 80 valence electrons. The first kappa shape index (κ1) is 10.6. The van der Waals surface area contributed by atoms with Gasteiger partial charge >= 0.3 is 0 Å². The Kier molecular flexibility index (Phi) is 3.46. The number of hydrogen-bond donors (Lipinski definition) is 1. The van der Waals surface area contributed by atoms with Crippen molar-refractivity contribution < 1.29 is 5.11 Å². The number of nitrogens with zero attached hydrogens (tertiary/aromatic N) is 2. The fraction of sp³-hybridized carbons (Fsp3) is 0. The van der Waals surface area contributed by atoms with Crippen LogP contribution in [0.15, 0.2) is 53.6 Å². The molecule has 4 heteroatoms. The van der Waals surface area contributed by atoms with Crippen LogP contribution in [0.3, 0.4) is 0 Å². The molecule has 0 saturated heterocycles. The minimum atomic E-state index is 0.361. The lowest BCUT2D eigenvalue weighted by Gasteiger charge is -1.90. The molecule has 1 N–H and O–H groups in total. The standard InChI is InChI=1S/C8H6N2.C4H4OS/c1-2-4-8-7(3-1)5-9-6-10-8;5-4-1-2-6-3-4/h1-6H;1-3,5H. The maximum atomic E-state index is 8.48. The summed E-state index contributed by atoms with van der Waals surface area (Å²) < 4.78 is 0. The summed E-state index contributed by atoms with van der Waals surface area (Å²) >= 11 is 1.49. The number of thiophene rings is 1. The third kappa shape index (κ3) is 2.77. The third-order valence-corrected chi connectivity index (χ3v) is 2.59. The predicted octanol–water partition coefficient (Wildman–Crippen LogP) is 3.08. The summed E-state index contributed by atoms with van der Waals surface area (Å²) in [6.45, 7) is 0. The van der Waals surface area contributed by atoms with Crippen molar-refractivity contribution in [3.8, 4) is 5.75 Å². The van der Waals surface area contributed by atoms with Crippen molar-refractivity contribution in [3.05, 3.63) is 53.6 Å². The Labute approximate surface area is 97.0 Å². The first-order valence-corrected chi connectivity index (χ1v) is 5.66. The zero-order valence-electron chi connectivity index (χ0n) is 8.45. The van der Waals surface area contributed by atoms with Crippen LogP contribution in [-0.2, 0) is 0 Å². The molecule has 16 heavy (non-hydrogen) atoms. The van der Waals surface area contributed by atoms with E-state index in [1.54, 1.807) is 17.8 Å². The molecule has 2 aromatic heterocycles. The van der Waals surface area contributed by atoms with Gasteiger partial charge in [-0.05, 0) is 17.5 Å². The lowest BCUT2D eigenvalue weighted by atomic mass is 10.2. The molecule has 0 aliphatic rings. The molecule has 2 heterocycles. The zero-order chi connectivity index (χ0) is 11.2. The molecular weight excluding hydrogens is 220 g/mol. The lowest BCUT2D eigenvalue weighted by Crippen LogP contribution is -1.77. The van der Waals surface area contributed by atoms with Gasteiger partial charge in [-0.1, -0.05) is 18.2 Å². The van der Waals surface area contributed by atoms with E-state index in [0.717, 1.165) is 10.9 Å². The van der Waals surface area contributed by atoms with Gasteiger partial charge in [0.05, 0.1) is 5.52 Å². The first-order valence-electron chi connectivity index (χ1n) is 4.72. The van der Waals surface area contributed by atoms with Gasteiger partial charge in [-0.25, -0.2) is 9.97 Å². The normalized spacial score (nSPS) is 9.50. The molecular formula is C12H10N2OS. The van der Waals surface area contributed by atoms with Gasteiger partial charge in [-0.15, -0.1) is 11.3 Å². The highest BCUT2D eigenvalue weighted by atomic mass is 32.1. The molecule has 0 aliphatic carbocycles. The summed E-state index contributed by atoms with van der Waals surface area (Å²) in [5.41, 5.74) is 0.998. The van der Waals surface area contributed by atoms with Crippen LogP contribution < -0.4 is 0 Å². The number of hydrogen-bond acceptors (Lipinski definition) is 4. The van der Waals surface area contributed by atoms with Crippen molar-refractivity contribution in [3.63, 3.8) is 0 Å². The smallest absolute Gasteiger partial charge is 0.126 e. The van der Waals surface area contributed by atoms with Crippen LogP contribution in [0.4, 0.5) is 0 Å². The van der Waals surface area contributed by atoms with Crippen LogP contribution in [0.1, 0.15) is 0 Å². The van der Waals surface area contributed by atoms with Crippen molar-refractivity contribution in [1.29, 1.82) is 0 Å². The van der Waals surface area contributed by atoms with E-state index >= 15 is 0 Å². The van der Waals surface area contributed by atoms with Crippen LogP contribution in [0.25, 0.3) is 10.9 Å². The van der Waals surface area contributed by atoms with Gasteiger partial charge in [0.2, 0.25) is 0 Å². The SMILES string of the molecule is Oc1ccsc1.c1ccc2ncncc2c1. The fourth-order valence-electron chi connectivity index (χ4n) is 1.18. The van der Waals surface area contributed by atoms with Gasteiger partial charge < -0.3 is 5.11 Å². The molecule has 1 aromatic carbocycles. The number of benzene rings is 1. The number of fused-ring (bicyclic) bond motifs is 1. The van der Waals surface area contributed by atoms with Crippen LogP contribution in [0.2, 0.25) is 0 Å². The second-order valence-electron chi connectivity index (χ2n) is 3.06. The third-order valence-electron chi connectivity index (χ3n) is 1.92. The minimum absolute atomic E-state index is 0.361. The monoisotopic (exact) mass is 230 g/mol. The molecule has 3 nitrogen and oxygen atoms in total. The van der Waals surface area contributed by atoms with Gasteiger partial charge in [-0.3, -0.25) is 0 Å². The molecule has 0 amide bonds. The highest BCUT2D eigenvalue weighted by molar-refractivity contribution is 7.08. The van der Waals surface area contributed by atoms with Crippen molar-refractivity contribution in [2.75, 3.05) is 0 Å². The van der Waals surface area contributed by atoms with E-state index in [1.165, 1.54) is 11.3 Å². The van der Waals surface area contributed by atoms with Crippen molar-refractivity contribution in [2.24, 2.45) is 0 Å². The van der Waals surface area contributed by atoms with Gasteiger partial charge in [0.25, 0.3) is 0 Å². The highest BCUT2D eigenvalue weighted by Gasteiger charge is 1.87. The summed E-state index contributed by atoms with van der Waals surface area (Å²) in [6, 6.07) is 9.57. The summed E-state index contributed by atoms with van der Waals surface area (Å²) in [6.07, 6.45) is 3.37. The van der Waals surface area contributed by atoms with Gasteiger partial charge in [-0.2, -0.15) is 0 Å². The Morgan fingerprint density at radius 1 is 1.12 bits per heavy atom. The van der Waals surface area contributed by atoms with E-state index in [9.17, 15) is 0 Å². The van der Waals surface area contributed by atoms with E-state index in [2.05, 4.69) is 9.97 Å². The minimum Gasteiger partial charge on any atom is -0.507 e. The predicted molar refractivity (Wildman–Crippen MR) is 65.5 cm³/mol. The van der Waals surface area contributed by atoms with E-state index in [-0.39, 0.29) is 0 Å². The lowest BCUT2D eigenvalue weighted by molar-refractivity contribution is 0.478. The van der Waals surface area contributed by atoms with E-state index in [1.807, 2.05) is 35.8 Å². The van der Waals surface area contributed by atoms with Crippen LogP contribution in [-0.4, -0.2) is 15.1 Å². The Morgan fingerprint density at radius 2 is 2.00 bits per heavy atom. The van der Waals surface area contributed by atoms with E-state index in [0.29, 0.717) is 5.75 Å². The Bertz CT molecular complexity index is 486. The highest BCUT2D eigenvalue weighted by Crippen LogP contribution is 2.10. The second kappa shape index (κ2) is 5.23. The molecule has 0 aliphatic heterocycles. The largest absolute Gasteiger partial charge is 0.507 e. The molecule has 0 unspecified atom stereocenters. The molecule has 0 radical (unpaired) electrons. The molecule has 0 spiro atoms. The average Bonchev–Trinajstić information content (AvgIpc) is 2.81. The van der Waals surface area contributed by atoms with Crippen molar-refractivity contribution in [1.82, 2.24) is 9.97 Å². The summed E-state index contributed by atoms with van der Waals surface area (Å²) in [5.74, 6) is 0.361. The summed E-state index contributed by atoms with van der Waals surface area (Å²) in [7, 11) is 0. The Balaban J connectivity index is 0.000000138. The molecule has 3 rings (SSSR count). The number of aromatic nitrogens is 2. The Morgan fingerprint density at radius 3 is 2.62 bits per heavy atom. The molecule has 0 fully saturated rings. The molecule has 0 bridgehead atoms. The maximum absolute atomic E-state index is 8.48. The van der Waals surface area contributed by atoms with Crippen molar-refractivity contribution >= 4 is 22.2 Å². The summed E-state index contributed by atoms with van der Waals surface area (Å²) in [5, 5.41) is 13.1. The molecule has 0 atom stereocenters. The number of aromatic hydroxyl groups is 1. The van der Waals surface area contributed by atoms with Crippen LogP contribution in [0, 0.1) is 0 Å². The molecule has 0 saturated carbocycles. The fourth-order valence-corrected chi connectivity index (χ4v) is 1.70. The van der Waals surface area contributed by atoms with E-state index in [4.69, 9.17) is 5.11 Å². The molecule has 3 aromatic rings. The average molecular weight is 230 g/mol. The van der Waals surface area contributed by atoms with Gasteiger partial charge in [0, 0.05) is 17.0 Å². The van der Waals surface area contributed by atoms with Gasteiger partial charge in [0.1, 0.15) is 12.1 Å². The van der Waals surface area contributed by atoms with Gasteiger partial charge in [0.15, 0.2) is 0 Å². The first-order chi connectivity index (χ1) is 7.86. The number of para-hydroxylation sites is 1. The maximum Gasteiger partial charge on any atom is 0.126 e. The van der Waals surface area contributed by atoms with Crippen LogP contribution in [0.5, 0.6) is 5.75 Å².